The van der Waals surface area contributed by atoms with Crippen LogP contribution in [-0.2, 0) is 13.0 Å². The number of anilines is 1. The lowest BCUT2D eigenvalue weighted by Gasteiger charge is -2.29. The fourth-order valence-corrected chi connectivity index (χ4v) is 2.97. The van der Waals surface area contributed by atoms with Gasteiger partial charge >= 0.3 is 0 Å². The van der Waals surface area contributed by atoms with Crippen LogP contribution in [0.3, 0.4) is 0 Å². The number of rotatable bonds is 2. The van der Waals surface area contributed by atoms with Crippen molar-refractivity contribution in [3.05, 3.63) is 63.4 Å². The zero-order chi connectivity index (χ0) is 15.0. The molecule has 0 unspecified atom stereocenters. The summed E-state index contributed by atoms with van der Waals surface area (Å²) in [5.74, 6) is -0.396. The summed E-state index contributed by atoms with van der Waals surface area (Å²) >= 11 is 3.32. The van der Waals surface area contributed by atoms with Gasteiger partial charge in [0.2, 0.25) is 0 Å². The Balaban J connectivity index is 1.88. The average Bonchev–Trinajstić information content (AvgIpc) is 2.46. The van der Waals surface area contributed by atoms with E-state index in [4.69, 9.17) is 5.73 Å². The van der Waals surface area contributed by atoms with E-state index in [1.54, 1.807) is 29.2 Å². The highest BCUT2D eigenvalue weighted by atomic mass is 79.9. The number of hydrogen-bond acceptors (Lipinski definition) is 2. The first-order chi connectivity index (χ1) is 10.0. The molecule has 0 bridgehead atoms. The van der Waals surface area contributed by atoms with Crippen LogP contribution < -0.4 is 5.73 Å². The number of nitrogens with zero attached hydrogens (tertiary/aromatic N) is 1. The van der Waals surface area contributed by atoms with Gasteiger partial charge in [0.25, 0.3) is 5.91 Å². The minimum Gasteiger partial charge on any atom is -0.399 e. The molecule has 2 aromatic carbocycles. The fraction of sp³-hybridized carbons (Fsp3) is 0.188. The molecule has 5 heteroatoms. The van der Waals surface area contributed by atoms with Crippen LogP contribution in [-0.4, -0.2) is 17.4 Å². The summed E-state index contributed by atoms with van der Waals surface area (Å²) in [5, 5.41) is 0. The molecule has 2 aromatic rings. The summed E-state index contributed by atoms with van der Waals surface area (Å²) in [4.78, 5) is 14.2. The van der Waals surface area contributed by atoms with Crippen molar-refractivity contribution in [3.8, 4) is 0 Å². The van der Waals surface area contributed by atoms with E-state index in [2.05, 4.69) is 15.9 Å². The first kappa shape index (κ1) is 14.1. The lowest BCUT2D eigenvalue weighted by atomic mass is 9.98. The Hall–Kier alpha value is -1.88. The van der Waals surface area contributed by atoms with Crippen LogP contribution in [0, 0.1) is 5.82 Å². The number of benzene rings is 2. The van der Waals surface area contributed by atoms with Crippen molar-refractivity contribution in [2.75, 3.05) is 12.3 Å². The minimum atomic E-state index is -0.302. The number of halogens is 2. The Kier molecular flexibility index (Phi) is 3.68. The molecule has 1 aliphatic rings. The molecule has 108 valence electrons. The van der Waals surface area contributed by atoms with E-state index in [9.17, 15) is 9.18 Å². The van der Waals surface area contributed by atoms with E-state index in [0.717, 1.165) is 16.5 Å². The van der Waals surface area contributed by atoms with Crippen LogP contribution in [0.5, 0.6) is 0 Å². The van der Waals surface area contributed by atoms with Crippen LogP contribution in [0.1, 0.15) is 21.5 Å². The number of carbonyl (C=O) groups is 1. The second kappa shape index (κ2) is 5.48. The molecule has 2 N–H and O–H groups in total. The maximum atomic E-state index is 13.8. The first-order valence-electron chi connectivity index (χ1n) is 6.66. The highest BCUT2D eigenvalue weighted by Gasteiger charge is 2.25. The molecule has 1 aliphatic heterocycles. The van der Waals surface area contributed by atoms with Crippen molar-refractivity contribution < 1.29 is 9.18 Å². The molecule has 0 atom stereocenters. The van der Waals surface area contributed by atoms with Gasteiger partial charge in [-0.1, -0.05) is 22.0 Å². The standard InChI is InChI=1S/C16H14BrFN2O/c17-12-2-4-15(18)11(7-12)9-20-6-5-10-1-3-13(19)8-14(10)16(20)21/h1-4,7-8H,5-6,9,19H2. The lowest BCUT2D eigenvalue weighted by Crippen LogP contribution is -2.37. The van der Waals surface area contributed by atoms with Gasteiger partial charge in [-0.15, -0.1) is 0 Å². The van der Waals surface area contributed by atoms with E-state index in [-0.39, 0.29) is 18.3 Å². The molecular formula is C16H14BrFN2O. The number of carbonyl (C=O) groups excluding carboxylic acids is 1. The van der Waals surface area contributed by atoms with E-state index >= 15 is 0 Å². The molecule has 0 aliphatic carbocycles. The number of amides is 1. The molecule has 3 nitrogen and oxygen atoms in total. The molecule has 1 heterocycles. The topological polar surface area (TPSA) is 46.3 Å². The first-order valence-corrected chi connectivity index (χ1v) is 7.45. The third kappa shape index (κ3) is 2.78. The third-order valence-corrected chi connectivity index (χ3v) is 4.16. The molecular weight excluding hydrogens is 335 g/mol. The second-order valence-electron chi connectivity index (χ2n) is 5.13. The molecule has 0 saturated carbocycles. The monoisotopic (exact) mass is 348 g/mol. The molecule has 0 aromatic heterocycles. The highest BCUT2D eigenvalue weighted by Crippen LogP contribution is 2.24. The van der Waals surface area contributed by atoms with E-state index < -0.39 is 0 Å². The summed E-state index contributed by atoms with van der Waals surface area (Å²) in [5.41, 5.74) is 8.44. The fourth-order valence-electron chi connectivity index (χ4n) is 2.56. The highest BCUT2D eigenvalue weighted by molar-refractivity contribution is 9.10. The van der Waals surface area contributed by atoms with Gasteiger partial charge in [0.05, 0.1) is 0 Å². The van der Waals surface area contributed by atoms with Crippen molar-refractivity contribution in [2.45, 2.75) is 13.0 Å². The summed E-state index contributed by atoms with van der Waals surface area (Å²) in [6.07, 6.45) is 0.761. The molecule has 0 spiro atoms. The molecule has 3 rings (SSSR count). The Morgan fingerprint density at radius 1 is 1.24 bits per heavy atom. The molecule has 1 amide bonds. The van der Waals surface area contributed by atoms with Crippen molar-refractivity contribution in [1.82, 2.24) is 4.90 Å². The smallest absolute Gasteiger partial charge is 0.254 e. The predicted molar refractivity (Wildman–Crippen MR) is 83.4 cm³/mol. The SMILES string of the molecule is Nc1ccc2c(c1)C(=O)N(Cc1cc(Br)ccc1F)CC2. The van der Waals surface area contributed by atoms with Gasteiger partial charge in [-0.2, -0.15) is 0 Å². The van der Waals surface area contributed by atoms with Crippen molar-refractivity contribution in [3.63, 3.8) is 0 Å². The van der Waals surface area contributed by atoms with Gasteiger partial charge in [-0.05, 0) is 42.3 Å². The van der Waals surface area contributed by atoms with Gasteiger partial charge in [0, 0.05) is 34.4 Å². The lowest BCUT2D eigenvalue weighted by molar-refractivity contribution is 0.0725. The Morgan fingerprint density at radius 2 is 2.05 bits per heavy atom. The predicted octanol–water partition coefficient (Wildman–Crippen LogP) is 3.37. The van der Waals surface area contributed by atoms with Crippen LogP contribution in [0.15, 0.2) is 40.9 Å². The van der Waals surface area contributed by atoms with Gasteiger partial charge in [-0.3, -0.25) is 4.79 Å². The van der Waals surface area contributed by atoms with E-state index in [0.29, 0.717) is 23.4 Å². The van der Waals surface area contributed by atoms with Crippen molar-refractivity contribution >= 4 is 27.5 Å². The van der Waals surface area contributed by atoms with E-state index in [1.165, 1.54) is 6.07 Å². The van der Waals surface area contributed by atoms with Crippen LogP contribution >= 0.6 is 15.9 Å². The van der Waals surface area contributed by atoms with E-state index in [1.807, 2.05) is 6.07 Å². The maximum Gasteiger partial charge on any atom is 0.254 e. The Labute approximate surface area is 130 Å². The van der Waals surface area contributed by atoms with Crippen LogP contribution in [0.2, 0.25) is 0 Å². The molecule has 0 saturated heterocycles. The van der Waals surface area contributed by atoms with Gasteiger partial charge in [-0.25, -0.2) is 4.39 Å². The average molecular weight is 349 g/mol. The zero-order valence-corrected chi connectivity index (χ0v) is 12.9. The second-order valence-corrected chi connectivity index (χ2v) is 6.04. The van der Waals surface area contributed by atoms with Crippen LogP contribution in [0.25, 0.3) is 0 Å². The zero-order valence-electron chi connectivity index (χ0n) is 11.3. The Bertz CT molecular complexity index is 717. The molecule has 21 heavy (non-hydrogen) atoms. The minimum absolute atomic E-state index is 0.0945. The number of hydrogen-bond donors (Lipinski definition) is 1. The molecule has 0 radical (unpaired) electrons. The van der Waals surface area contributed by atoms with Gasteiger partial charge in [0.1, 0.15) is 5.82 Å². The number of fused-ring (bicyclic) bond motifs is 1. The normalized spacial score (nSPS) is 14.2. The van der Waals surface area contributed by atoms with Crippen LogP contribution in [0.4, 0.5) is 10.1 Å². The van der Waals surface area contributed by atoms with Crippen molar-refractivity contribution in [1.29, 1.82) is 0 Å². The summed E-state index contributed by atoms with van der Waals surface area (Å²) in [7, 11) is 0. The largest absolute Gasteiger partial charge is 0.399 e. The van der Waals surface area contributed by atoms with Crippen molar-refractivity contribution in [2.24, 2.45) is 0 Å². The third-order valence-electron chi connectivity index (χ3n) is 3.67. The summed E-state index contributed by atoms with van der Waals surface area (Å²) in [6, 6.07) is 10.1. The number of nitrogen functional groups attached to an aromatic ring is 1. The summed E-state index contributed by atoms with van der Waals surface area (Å²) < 4.78 is 14.6. The summed E-state index contributed by atoms with van der Waals surface area (Å²) in [6.45, 7) is 0.847. The quantitative estimate of drug-likeness (QED) is 0.845. The molecule has 0 fully saturated rings. The maximum absolute atomic E-state index is 13.8. The van der Waals surface area contributed by atoms with Gasteiger partial charge < -0.3 is 10.6 Å². The Morgan fingerprint density at radius 3 is 2.86 bits per heavy atom. The van der Waals surface area contributed by atoms with Gasteiger partial charge in [0.15, 0.2) is 0 Å². The number of nitrogens with two attached hydrogens (primary N) is 1.